The van der Waals surface area contributed by atoms with Crippen LogP contribution < -0.4 is 11.1 Å². The smallest absolute Gasteiger partial charge is 0.287 e. The first-order chi connectivity index (χ1) is 8.19. The number of nitrogens with two attached hydrogens (primary N) is 1. The van der Waals surface area contributed by atoms with Gasteiger partial charge in [-0.15, -0.1) is 0 Å². The van der Waals surface area contributed by atoms with Gasteiger partial charge in [0.1, 0.15) is 17.3 Å². The zero-order valence-electron chi connectivity index (χ0n) is 9.53. The Bertz CT molecular complexity index is 513. The van der Waals surface area contributed by atoms with Gasteiger partial charge in [0.15, 0.2) is 5.76 Å². The number of aryl methyl sites for hydroxylation is 1. The predicted octanol–water partition coefficient (Wildman–Crippen LogP) is 1.57. The van der Waals surface area contributed by atoms with Gasteiger partial charge in [0, 0.05) is 0 Å². The SMILES string of the molecule is Cc1ccc(CNC(=O)c2ccc(CN)o2)o1. The molecule has 0 spiro atoms. The molecule has 0 atom stereocenters. The molecule has 2 aromatic rings. The maximum atomic E-state index is 11.7. The topological polar surface area (TPSA) is 81.4 Å². The zero-order valence-corrected chi connectivity index (χ0v) is 9.53. The molecule has 0 saturated heterocycles. The number of amides is 1. The first-order valence-corrected chi connectivity index (χ1v) is 5.31. The highest BCUT2D eigenvalue weighted by molar-refractivity contribution is 5.91. The molecule has 2 rings (SSSR count). The first kappa shape index (κ1) is 11.5. The van der Waals surface area contributed by atoms with Gasteiger partial charge in [0.05, 0.1) is 13.1 Å². The van der Waals surface area contributed by atoms with Crippen LogP contribution in [-0.2, 0) is 13.1 Å². The number of carbonyl (C=O) groups excluding carboxylic acids is 1. The van der Waals surface area contributed by atoms with Crippen molar-refractivity contribution in [3.05, 3.63) is 47.3 Å². The molecule has 0 bridgehead atoms. The molecule has 0 aliphatic carbocycles. The van der Waals surface area contributed by atoms with E-state index < -0.39 is 0 Å². The highest BCUT2D eigenvalue weighted by atomic mass is 16.4. The molecule has 3 N–H and O–H groups in total. The van der Waals surface area contributed by atoms with Gasteiger partial charge in [-0.1, -0.05) is 0 Å². The lowest BCUT2D eigenvalue weighted by Crippen LogP contribution is -2.21. The lowest BCUT2D eigenvalue weighted by atomic mass is 10.4. The molecule has 5 heteroatoms. The number of hydrogen-bond acceptors (Lipinski definition) is 4. The normalized spacial score (nSPS) is 10.5. The summed E-state index contributed by atoms with van der Waals surface area (Å²) in [4.78, 5) is 11.7. The van der Waals surface area contributed by atoms with Crippen molar-refractivity contribution in [2.24, 2.45) is 5.73 Å². The minimum Gasteiger partial charge on any atom is -0.465 e. The van der Waals surface area contributed by atoms with Gasteiger partial charge in [0.2, 0.25) is 0 Å². The Morgan fingerprint density at radius 2 is 2.00 bits per heavy atom. The van der Waals surface area contributed by atoms with Crippen LogP contribution in [0.5, 0.6) is 0 Å². The third kappa shape index (κ3) is 2.76. The zero-order chi connectivity index (χ0) is 12.3. The van der Waals surface area contributed by atoms with Gasteiger partial charge in [-0.05, 0) is 31.2 Å². The molecular weight excluding hydrogens is 220 g/mol. The van der Waals surface area contributed by atoms with Crippen LogP contribution in [0.3, 0.4) is 0 Å². The maximum absolute atomic E-state index is 11.7. The Balaban J connectivity index is 1.93. The maximum Gasteiger partial charge on any atom is 0.287 e. The Hall–Kier alpha value is -2.01. The van der Waals surface area contributed by atoms with Crippen LogP contribution in [-0.4, -0.2) is 5.91 Å². The summed E-state index contributed by atoms with van der Waals surface area (Å²) in [6, 6.07) is 6.96. The van der Waals surface area contributed by atoms with Crippen molar-refractivity contribution >= 4 is 5.91 Å². The fourth-order valence-electron chi connectivity index (χ4n) is 1.44. The molecule has 0 aliphatic rings. The number of rotatable bonds is 4. The monoisotopic (exact) mass is 234 g/mol. The number of furan rings is 2. The molecule has 1 amide bonds. The summed E-state index contributed by atoms with van der Waals surface area (Å²) in [6.07, 6.45) is 0. The second kappa shape index (κ2) is 4.88. The Morgan fingerprint density at radius 1 is 1.24 bits per heavy atom. The van der Waals surface area contributed by atoms with E-state index in [1.807, 2.05) is 19.1 Å². The highest BCUT2D eigenvalue weighted by Gasteiger charge is 2.10. The summed E-state index contributed by atoms with van der Waals surface area (Å²) in [6.45, 7) is 2.47. The Morgan fingerprint density at radius 3 is 2.59 bits per heavy atom. The summed E-state index contributed by atoms with van der Waals surface area (Å²) < 4.78 is 10.6. The van der Waals surface area contributed by atoms with Crippen molar-refractivity contribution < 1.29 is 13.6 Å². The van der Waals surface area contributed by atoms with E-state index in [9.17, 15) is 4.79 Å². The second-order valence-corrected chi connectivity index (χ2v) is 3.67. The quantitative estimate of drug-likeness (QED) is 0.841. The van der Waals surface area contributed by atoms with Crippen LogP contribution >= 0.6 is 0 Å². The molecule has 0 radical (unpaired) electrons. The van der Waals surface area contributed by atoms with Crippen LogP contribution in [0.2, 0.25) is 0 Å². The average molecular weight is 234 g/mol. The summed E-state index contributed by atoms with van der Waals surface area (Å²) in [5.74, 6) is 2.09. The highest BCUT2D eigenvalue weighted by Crippen LogP contribution is 2.08. The van der Waals surface area contributed by atoms with Gasteiger partial charge in [-0.25, -0.2) is 0 Å². The van der Waals surface area contributed by atoms with E-state index in [0.29, 0.717) is 18.1 Å². The molecule has 17 heavy (non-hydrogen) atoms. The first-order valence-electron chi connectivity index (χ1n) is 5.31. The third-order valence-corrected chi connectivity index (χ3v) is 2.31. The van der Waals surface area contributed by atoms with E-state index in [4.69, 9.17) is 14.6 Å². The number of nitrogens with one attached hydrogen (secondary N) is 1. The molecule has 0 saturated carbocycles. The lowest BCUT2D eigenvalue weighted by Gasteiger charge is -2.00. The van der Waals surface area contributed by atoms with Crippen molar-refractivity contribution in [3.8, 4) is 0 Å². The second-order valence-electron chi connectivity index (χ2n) is 3.67. The van der Waals surface area contributed by atoms with Crippen molar-refractivity contribution in [1.82, 2.24) is 5.32 Å². The molecule has 0 aromatic carbocycles. The van der Waals surface area contributed by atoms with E-state index in [1.54, 1.807) is 12.1 Å². The van der Waals surface area contributed by atoms with E-state index >= 15 is 0 Å². The number of carbonyl (C=O) groups is 1. The molecule has 2 aromatic heterocycles. The largest absolute Gasteiger partial charge is 0.465 e. The molecule has 0 unspecified atom stereocenters. The van der Waals surface area contributed by atoms with Crippen molar-refractivity contribution in [1.29, 1.82) is 0 Å². The van der Waals surface area contributed by atoms with Crippen LogP contribution in [0.4, 0.5) is 0 Å². The van der Waals surface area contributed by atoms with Crippen molar-refractivity contribution in [3.63, 3.8) is 0 Å². The standard InChI is InChI=1S/C12H14N2O3/c1-8-2-3-10(16-8)7-14-12(15)11-5-4-9(6-13)17-11/h2-5H,6-7,13H2,1H3,(H,14,15). The summed E-state index contributed by atoms with van der Waals surface area (Å²) >= 11 is 0. The molecular formula is C12H14N2O3. The predicted molar refractivity (Wildman–Crippen MR) is 61.2 cm³/mol. The van der Waals surface area contributed by atoms with E-state index in [2.05, 4.69) is 5.32 Å². The van der Waals surface area contributed by atoms with Crippen LogP contribution in [0, 0.1) is 6.92 Å². The minimum absolute atomic E-state index is 0.258. The van der Waals surface area contributed by atoms with Gasteiger partial charge in [0.25, 0.3) is 5.91 Å². The fraction of sp³-hybridized carbons (Fsp3) is 0.250. The summed E-state index contributed by atoms with van der Waals surface area (Å²) in [7, 11) is 0. The third-order valence-electron chi connectivity index (χ3n) is 2.31. The van der Waals surface area contributed by atoms with Gasteiger partial charge >= 0.3 is 0 Å². The fourth-order valence-corrected chi connectivity index (χ4v) is 1.44. The van der Waals surface area contributed by atoms with Gasteiger partial charge in [-0.3, -0.25) is 4.79 Å². The lowest BCUT2D eigenvalue weighted by molar-refractivity contribution is 0.0918. The summed E-state index contributed by atoms with van der Waals surface area (Å²) in [5, 5.41) is 2.70. The Kier molecular flexibility index (Phi) is 3.30. The molecule has 0 fully saturated rings. The van der Waals surface area contributed by atoms with E-state index in [-0.39, 0.29) is 18.2 Å². The van der Waals surface area contributed by atoms with E-state index in [0.717, 1.165) is 5.76 Å². The van der Waals surface area contributed by atoms with Crippen molar-refractivity contribution in [2.45, 2.75) is 20.0 Å². The van der Waals surface area contributed by atoms with Crippen LogP contribution in [0.1, 0.15) is 27.8 Å². The van der Waals surface area contributed by atoms with E-state index in [1.165, 1.54) is 0 Å². The average Bonchev–Trinajstić information content (AvgIpc) is 2.94. The van der Waals surface area contributed by atoms with Gasteiger partial charge < -0.3 is 19.9 Å². The minimum atomic E-state index is -0.279. The van der Waals surface area contributed by atoms with Crippen LogP contribution in [0.15, 0.2) is 33.1 Å². The molecule has 90 valence electrons. The molecule has 2 heterocycles. The van der Waals surface area contributed by atoms with Gasteiger partial charge in [-0.2, -0.15) is 0 Å². The summed E-state index contributed by atoms with van der Waals surface area (Å²) in [5.41, 5.74) is 5.39. The number of hydrogen-bond donors (Lipinski definition) is 2. The molecule has 5 nitrogen and oxygen atoms in total. The van der Waals surface area contributed by atoms with Crippen molar-refractivity contribution in [2.75, 3.05) is 0 Å². The molecule has 0 aliphatic heterocycles. The Labute approximate surface area is 98.6 Å². The van der Waals surface area contributed by atoms with Crippen LogP contribution in [0.25, 0.3) is 0 Å².